The summed E-state index contributed by atoms with van der Waals surface area (Å²) < 4.78 is 10.7. The molecule has 3 rings (SSSR count). The predicted octanol–water partition coefficient (Wildman–Crippen LogP) is 2.64. The van der Waals surface area contributed by atoms with E-state index in [-0.39, 0.29) is 24.5 Å². The van der Waals surface area contributed by atoms with E-state index in [1.807, 2.05) is 56.0 Å². The van der Waals surface area contributed by atoms with Crippen LogP contribution in [0.15, 0.2) is 30.3 Å². The molecule has 1 aliphatic heterocycles. The van der Waals surface area contributed by atoms with Crippen LogP contribution in [-0.4, -0.2) is 91.5 Å². The third-order valence-corrected chi connectivity index (χ3v) is 5.81. The van der Waals surface area contributed by atoms with Crippen LogP contribution in [0.5, 0.6) is 11.5 Å². The Kier molecular flexibility index (Phi) is 9.11. The number of anilines is 1. The molecule has 35 heavy (non-hydrogen) atoms. The summed E-state index contributed by atoms with van der Waals surface area (Å²) in [6.07, 6.45) is 0.796. The number of aromatic nitrogens is 2. The maximum absolute atomic E-state index is 12.9. The Morgan fingerprint density at radius 3 is 2.31 bits per heavy atom. The van der Waals surface area contributed by atoms with Crippen molar-refractivity contribution in [1.29, 1.82) is 0 Å². The molecule has 190 valence electrons. The first-order chi connectivity index (χ1) is 16.9. The summed E-state index contributed by atoms with van der Waals surface area (Å²) in [5.41, 5.74) is 1.62. The summed E-state index contributed by atoms with van der Waals surface area (Å²) >= 11 is 0. The van der Waals surface area contributed by atoms with Gasteiger partial charge in [0.25, 0.3) is 0 Å². The quantitative estimate of drug-likeness (QED) is 0.584. The number of hydrogen-bond acceptors (Lipinski definition) is 7. The first-order valence-corrected chi connectivity index (χ1v) is 12.0. The third-order valence-electron chi connectivity index (χ3n) is 5.81. The van der Waals surface area contributed by atoms with Crippen molar-refractivity contribution in [1.82, 2.24) is 25.3 Å². The highest BCUT2D eigenvalue weighted by Crippen LogP contribution is 2.31. The lowest BCUT2D eigenvalue weighted by atomic mass is 10.1. The van der Waals surface area contributed by atoms with Crippen LogP contribution in [0.2, 0.25) is 0 Å². The Hall–Kier alpha value is -3.56. The lowest BCUT2D eigenvalue weighted by molar-refractivity contribution is -0.132. The highest BCUT2D eigenvalue weighted by molar-refractivity contribution is 5.84. The summed E-state index contributed by atoms with van der Waals surface area (Å²) in [5.74, 6) is 2.03. The zero-order valence-corrected chi connectivity index (χ0v) is 21.3. The summed E-state index contributed by atoms with van der Waals surface area (Å²) in [7, 11) is 3.20. The summed E-state index contributed by atoms with van der Waals surface area (Å²) in [4.78, 5) is 30.8. The van der Waals surface area contributed by atoms with Gasteiger partial charge >= 0.3 is 6.03 Å². The Labute approximate surface area is 207 Å². The second-order valence-corrected chi connectivity index (χ2v) is 8.74. The van der Waals surface area contributed by atoms with E-state index in [9.17, 15) is 9.59 Å². The van der Waals surface area contributed by atoms with Gasteiger partial charge in [-0.2, -0.15) is 0 Å². The van der Waals surface area contributed by atoms with Gasteiger partial charge in [-0.15, -0.1) is 10.2 Å². The third kappa shape index (κ3) is 6.74. The molecule has 0 atom stereocenters. The number of nitrogens with one attached hydrogen (secondary N) is 1. The van der Waals surface area contributed by atoms with Gasteiger partial charge in [0.2, 0.25) is 5.91 Å². The SMILES string of the molecule is CCCN(CC(=O)N1CCN(c2ccc(-c3ccc(OC)c(OC)c3)nn2)CC1)C(=O)NC(C)C. The Bertz CT molecular complexity index is 990. The molecule has 1 aromatic carbocycles. The maximum Gasteiger partial charge on any atom is 0.318 e. The number of carbonyl (C=O) groups is 2. The number of rotatable bonds is 9. The number of amides is 3. The van der Waals surface area contributed by atoms with Crippen LogP contribution in [0.25, 0.3) is 11.3 Å². The van der Waals surface area contributed by atoms with Crippen molar-refractivity contribution in [3.63, 3.8) is 0 Å². The number of nitrogens with zero attached hydrogens (tertiary/aromatic N) is 5. The Balaban J connectivity index is 1.57. The van der Waals surface area contributed by atoms with E-state index in [1.54, 1.807) is 19.1 Å². The average Bonchev–Trinajstić information content (AvgIpc) is 2.87. The van der Waals surface area contributed by atoms with E-state index in [1.165, 1.54) is 0 Å². The van der Waals surface area contributed by atoms with Crippen molar-refractivity contribution in [3.8, 4) is 22.8 Å². The molecule has 0 saturated carbocycles. The minimum absolute atomic E-state index is 0.0275. The zero-order valence-electron chi connectivity index (χ0n) is 21.3. The lowest BCUT2D eigenvalue weighted by Gasteiger charge is -2.36. The molecule has 0 spiro atoms. The molecule has 0 bridgehead atoms. The standard InChI is InChI=1S/C25H36N6O4/c1-6-11-31(25(33)26-18(2)3)17-24(32)30-14-12-29(13-15-30)23-10-8-20(27-28-23)19-7-9-21(34-4)22(16-19)35-5/h7-10,16,18H,6,11-15,17H2,1-5H3,(H,26,33). The van der Waals surface area contributed by atoms with E-state index in [2.05, 4.69) is 20.4 Å². The molecule has 1 N–H and O–H groups in total. The molecular weight excluding hydrogens is 448 g/mol. The number of hydrogen-bond donors (Lipinski definition) is 1. The van der Waals surface area contributed by atoms with Gasteiger partial charge in [-0.05, 0) is 50.6 Å². The zero-order chi connectivity index (χ0) is 25.4. The first-order valence-electron chi connectivity index (χ1n) is 12.0. The van der Waals surface area contributed by atoms with Crippen LogP contribution in [0.1, 0.15) is 27.2 Å². The van der Waals surface area contributed by atoms with Crippen molar-refractivity contribution >= 4 is 17.8 Å². The fourth-order valence-corrected chi connectivity index (χ4v) is 3.95. The fraction of sp³-hybridized carbons (Fsp3) is 0.520. The molecule has 2 heterocycles. The number of ether oxygens (including phenoxy) is 2. The highest BCUT2D eigenvalue weighted by atomic mass is 16.5. The van der Waals surface area contributed by atoms with Gasteiger partial charge in [-0.1, -0.05) is 6.92 Å². The van der Waals surface area contributed by atoms with Gasteiger partial charge in [-0.3, -0.25) is 4.79 Å². The van der Waals surface area contributed by atoms with Crippen LogP contribution < -0.4 is 19.7 Å². The monoisotopic (exact) mass is 484 g/mol. The van der Waals surface area contributed by atoms with E-state index in [0.717, 1.165) is 23.5 Å². The largest absolute Gasteiger partial charge is 0.493 e. The number of urea groups is 1. The van der Waals surface area contributed by atoms with Crippen molar-refractivity contribution in [2.45, 2.75) is 33.2 Å². The molecule has 3 amide bonds. The van der Waals surface area contributed by atoms with Crippen LogP contribution in [0.4, 0.5) is 10.6 Å². The Morgan fingerprint density at radius 2 is 1.74 bits per heavy atom. The van der Waals surface area contributed by atoms with Crippen molar-refractivity contribution in [3.05, 3.63) is 30.3 Å². The normalized spacial score (nSPS) is 13.5. The van der Waals surface area contributed by atoms with Gasteiger partial charge in [0.15, 0.2) is 17.3 Å². The maximum atomic E-state index is 12.9. The molecular formula is C25H36N6O4. The summed E-state index contributed by atoms with van der Waals surface area (Å²) in [5, 5.41) is 11.7. The van der Waals surface area contributed by atoms with Crippen LogP contribution >= 0.6 is 0 Å². The van der Waals surface area contributed by atoms with Crippen LogP contribution in [0, 0.1) is 0 Å². The molecule has 2 aromatic rings. The molecule has 0 radical (unpaired) electrons. The smallest absolute Gasteiger partial charge is 0.318 e. The summed E-state index contributed by atoms with van der Waals surface area (Å²) in [6, 6.07) is 9.33. The molecule has 0 aliphatic carbocycles. The number of carbonyl (C=O) groups excluding carboxylic acids is 2. The van der Waals surface area contributed by atoms with E-state index in [0.29, 0.717) is 44.2 Å². The summed E-state index contributed by atoms with van der Waals surface area (Å²) in [6.45, 7) is 8.91. The number of methoxy groups -OCH3 is 2. The number of benzene rings is 1. The minimum atomic E-state index is -0.196. The lowest BCUT2D eigenvalue weighted by Crippen LogP contribution is -2.53. The second-order valence-electron chi connectivity index (χ2n) is 8.74. The molecule has 1 aliphatic rings. The fourth-order valence-electron chi connectivity index (χ4n) is 3.95. The van der Waals surface area contributed by atoms with Gasteiger partial charge in [0, 0.05) is 44.3 Å². The first kappa shape index (κ1) is 26.1. The van der Waals surface area contributed by atoms with Crippen LogP contribution in [0.3, 0.4) is 0 Å². The average molecular weight is 485 g/mol. The van der Waals surface area contributed by atoms with E-state index >= 15 is 0 Å². The van der Waals surface area contributed by atoms with E-state index in [4.69, 9.17) is 9.47 Å². The topological polar surface area (TPSA) is 100 Å². The second kappa shape index (κ2) is 12.2. The molecule has 0 unspecified atom stereocenters. The van der Waals surface area contributed by atoms with Crippen molar-refractivity contribution < 1.29 is 19.1 Å². The number of piperazine rings is 1. The molecule has 1 fully saturated rings. The van der Waals surface area contributed by atoms with Gasteiger partial charge in [0.05, 0.1) is 19.9 Å². The minimum Gasteiger partial charge on any atom is -0.493 e. The molecule has 10 heteroatoms. The van der Waals surface area contributed by atoms with Gasteiger partial charge in [-0.25, -0.2) is 4.79 Å². The van der Waals surface area contributed by atoms with Crippen molar-refractivity contribution in [2.75, 3.05) is 58.4 Å². The van der Waals surface area contributed by atoms with E-state index < -0.39 is 0 Å². The van der Waals surface area contributed by atoms with Crippen LogP contribution in [-0.2, 0) is 4.79 Å². The molecule has 1 aromatic heterocycles. The highest BCUT2D eigenvalue weighted by Gasteiger charge is 2.25. The molecule has 1 saturated heterocycles. The van der Waals surface area contributed by atoms with Gasteiger partial charge in [0.1, 0.15) is 6.54 Å². The Morgan fingerprint density at radius 1 is 1.03 bits per heavy atom. The van der Waals surface area contributed by atoms with Crippen molar-refractivity contribution in [2.24, 2.45) is 0 Å². The predicted molar refractivity (Wildman–Crippen MR) is 135 cm³/mol. The molecule has 10 nitrogen and oxygen atoms in total. The van der Waals surface area contributed by atoms with Gasteiger partial charge < -0.3 is 29.5 Å².